The van der Waals surface area contributed by atoms with E-state index in [0.29, 0.717) is 5.41 Å². The Bertz CT molecular complexity index is 426. The van der Waals surface area contributed by atoms with E-state index in [0.717, 1.165) is 71.3 Å². The fourth-order valence-corrected chi connectivity index (χ4v) is 3.71. The van der Waals surface area contributed by atoms with Gasteiger partial charge < -0.3 is 24.4 Å². The van der Waals surface area contributed by atoms with Gasteiger partial charge in [-0.05, 0) is 44.4 Å². The molecular formula is C18H34IN3O3. The number of rotatable bonds is 7. The van der Waals surface area contributed by atoms with Crippen molar-refractivity contribution in [1.82, 2.24) is 10.2 Å². The topological polar surface area (TPSA) is 55.3 Å². The third-order valence-electron chi connectivity index (χ3n) is 5.54. The number of morpholine rings is 1. The molecule has 1 aliphatic carbocycles. The van der Waals surface area contributed by atoms with Gasteiger partial charge in [0.15, 0.2) is 5.96 Å². The molecule has 0 radical (unpaired) electrons. The van der Waals surface area contributed by atoms with Gasteiger partial charge in [0.05, 0.1) is 12.7 Å². The van der Waals surface area contributed by atoms with E-state index in [4.69, 9.17) is 14.2 Å². The van der Waals surface area contributed by atoms with Gasteiger partial charge in [0.1, 0.15) is 6.10 Å². The quantitative estimate of drug-likeness (QED) is 0.270. The Morgan fingerprint density at radius 2 is 2.08 bits per heavy atom. The zero-order chi connectivity index (χ0) is 16.8. The van der Waals surface area contributed by atoms with Gasteiger partial charge in [-0.2, -0.15) is 0 Å². The molecule has 3 rings (SSSR count). The maximum absolute atomic E-state index is 5.94. The molecule has 146 valence electrons. The smallest absolute Gasteiger partial charge is 0.193 e. The standard InChI is InChI=1S/C18H33N3O3.HI/c1-3-22-11-8-18(6-7-18)14-20-17(19-2)21-9-12-24-16(13-21)15-5-4-10-23-15;/h15-16H,3-14H2,1-2H3,(H,19,20);1H. The number of hydrogen-bond acceptors (Lipinski definition) is 4. The lowest BCUT2D eigenvalue weighted by Crippen LogP contribution is -2.54. The monoisotopic (exact) mass is 467 g/mol. The van der Waals surface area contributed by atoms with Gasteiger partial charge in [-0.25, -0.2) is 0 Å². The molecular weight excluding hydrogens is 433 g/mol. The molecule has 3 aliphatic rings. The van der Waals surface area contributed by atoms with Crippen molar-refractivity contribution in [1.29, 1.82) is 0 Å². The van der Waals surface area contributed by atoms with Crippen LogP contribution in [0.2, 0.25) is 0 Å². The molecule has 2 heterocycles. The van der Waals surface area contributed by atoms with Crippen LogP contribution in [0.1, 0.15) is 39.0 Å². The minimum Gasteiger partial charge on any atom is -0.382 e. The van der Waals surface area contributed by atoms with Gasteiger partial charge in [-0.1, -0.05) is 0 Å². The Hall–Kier alpha value is -0.120. The van der Waals surface area contributed by atoms with Crippen LogP contribution in [0.3, 0.4) is 0 Å². The lowest BCUT2D eigenvalue weighted by atomic mass is 10.0. The van der Waals surface area contributed by atoms with Crippen molar-refractivity contribution in [3.05, 3.63) is 0 Å². The second-order valence-corrected chi connectivity index (χ2v) is 7.25. The Balaban J connectivity index is 0.00000225. The summed E-state index contributed by atoms with van der Waals surface area (Å²) in [6.07, 6.45) is 6.44. The average molecular weight is 467 g/mol. The highest BCUT2D eigenvalue weighted by Crippen LogP contribution is 2.48. The summed E-state index contributed by atoms with van der Waals surface area (Å²) < 4.78 is 17.3. The normalized spacial score (nSPS) is 28.6. The number of nitrogens with zero attached hydrogens (tertiary/aromatic N) is 2. The molecule has 0 aromatic heterocycles. The molecule has 6 nitrogen and oxygen atoms in total. The first-order valence-corrected chi connectivity index (χ1v) is 9.53. The van der Waals surface area contributed by atoms with E-state index < -0.39 is 0 Å². The van der Waals surface area contributed by atoms with Crippen LogP contribution >= 0.6 is 24.0 Å². The van der Waals surface area contributed by atoms with Crippen LogP contribution in [0.4, 0.5) is 0 Å². The minimum atomic E-state index is 0. The third-order valence-corrected chi connectivity index (χ3v) is 5.54. The number of ether oxygens (including phenoxy) is 3. The zero-order valence-electron chi connectivity index (χ0n) is 15.7. The molecule has 1 saturated carbocycles. The van der Waals surface area contributed by atoms with Crippen LogP contribution in [0.15, 0.2) is 4.99 Å². The van der Waals surface area contributed by atoms with Crippen molar-refractivity contribution in [2.24, 2.45) is 10.4 Å². The van der Waals surface area contributed by atoms with Crippen molar-refractivity contribution in [2.75, 3.05) is 53.1 Å². The predicted molar refractivity (Wildman–Crippen MR) is 110 cm³/mol. The molecule has 0 aromatic carbocycles. The first kappa shape index (κ1) is 21.2. The molecule has 0 bridgehead atoms. The van der Waals surface area contributed by atoms with E-state index in [-0.39, 0.29) is 36.2 Å². The van der Waals surface area contributed by atoms with E-state index in [9.17, 15) is 0 Å². The van der Waals surface area contributed by atoms with E-state index in [1.165, 1.54) is 12.8 Å². The van der Waals surface area contributed by atoms with E-state index in [1.807, 2.05) is 7.05 Å². The van der Waals surface area contributed by atoms with Crippen LogP contribution in [0.5, 0.6) is 0 Å². The summed E-state index contributed by atoms with van der Waals surface area (Å²) >= 11 is 0. The lowest BCUT2D eigenvalue weighted by Gasteiger charge is -2.37. The van der Waals surface area contributed by atoms with Crippen molar-refractivity contribution in [2.45, 2.75) is 51.2 Å². The molecule has 3 fully saturated rings. The molecule has 2 atom stereocenters. The number of hydrogen-bond donors (Lipinski definition) is 1. The Morgan fingerprint density at radius 1 is 1.28 bits per heavy atom. The van der Waals surface area contributed by atoms with Gasteiger partial charge in [0, 0.05) is 46.5 Å². The number of guanidine groups is 1. The van der Waals surface area contributed by atoms with Crippen molar-refractivity contribution in [3.8, 4) is 0 Å². The van der Waals surface area contributed by atoms with Crippen molar-refractivity contribution < 1.29 is 14.2 Å². The van der Waals surface area contributed by atoms with Gasteiger partial charge >= 0.3 is 0 Å². The highest BCUT2D eigenvalue weighted by atomic mass is 127. The number of aliphatic imine (C=N–C) groups is 1. The molecule has 0 spiro atoms. The predicted octanol–water partition coefficient (Wildman–Crippen LogP) is 2.27. The summed E-state index contributed by atoms with van der Waals surface area (Å²) in [6, 6.07) is 0. The van der Waals surface area contributed by atoms with Crippen LogP contribution in [-0.4, -0.2) is 76.2 Å². The maximum atomic E-state index is 5.94. The molecule has 2 saturated heterocycles. The van der Waals surface area contributed by atoms with Gasteiger partial charge in [-0.15, -0.1) is 24.0 Å². The summed E-state index contributed by atoms with van der Waals surface area (Å²) in [4.78, 5) is 6.83. The summed E-state index contributed by atoms with van der Waals surface area (Å²) in [6.45, 7) is 8.13. The average Bonchev–Trinajstić information content (AvgIpc) is 3.16. The van der Waals surface area contributed by atoms with Crippen LogP contribution in [0, 0.1) is 5.41 Å². The molecule has 7 heteroatoms. The molecule has 2 unspecified atom stereocenters. The SMILES string of the molecule is CCOCCC1(CNC(=NC)N2CCOC(C3CCCO3)C2)CC1.I. The molecule has 0 amide bonds. The number of nitrogens with one attached hydrogen (secondary N) is 1. The minimum absolute atomic E-state index is 0. The van der Waals surface area contributed by atoms with Crippen LogP contribution in [-0.2, 0) is 14.2 Å². The zero-order valence-corrected chi connectivity index (χ0v) is 18.0. The maximum Gasteiger partial charge on any atom is 0.193 e. The molecule has 1 N–H and O–H groups in total. The second kappa shape index (κ2) is 10.3. The summed E-state index contributed by atoms with van der Waals surface area (Å²) in [5, 5.41) is 3.60. The van der Waals surface area contributed by atoms with Gasteiger partial charge in [0.25, 0.3) is 0 Å². The highest BCUT2D eigenvalue weighted by Gasteiger charge is 2.42. The first-order chi connectivity index (χ1) is 11.8. The molecule has 0 aromatic rings. The van der Waals surface area contributed by atoms with E-state index in [1.54, 1.807) is 0 Å². The Morgan fingerprint density at radius 3 is 2.72 bits per heavy atom. The van der Waals surface area contributed by atoms with Crippen molar-refractivity contribution >= 4 is 29.9 Å². The van der Waals surface area contributed by atoms with E-state index in [2.05, 4.69) is 22.1 Å². The van der Waals surface area contributed by atoms with Gasteiger partial charge in [-0.3, -0.25) is 4.99 Å². The summed E-state index contributed by atoms with van der Waals surface area (Å²) in [5.41, 5.74) is 0.422. The fraction of sp³-hybridized carbons (Fsp3) is 0.944. The van der Waals surface area contributed by atoms with Gasteiger partial charge in [0.2, 0.25) is 0 Å². The van der Waals surface area contributed by atoms with Crippen molar-refractivity contribution in [3.63, 3.8) is 0 Å². The third kappa shape index (κ3) is 5.94. The highest BCUT2D eigenvalue weighted by molar-refractivity contribution is 14.0. The molecule has 25 heavy (non-hydrogen) atoms. The fourth-order valence-electron chi connectivity index (χ4n) is 3.71. The van der Waals surface area contributed by atoms with Crippen LogP contribution < -0.4 is 5.32 Å². The first-order valence-electron chi connectivity index (χ1n) is 9.53. The van der Waals surface area contributed by atoms with E-state index >= 15 is 0 Å². The summed E-state index contributed by atoms with van der Waals surface area (Å²) in [5.74, 6) is 1.00. The lowest BCUT2D eigenvalue weighted by molar-refractivity contribution is -0.0817. The Labute approximate surface area is 169 Å². The number of halogens is 1. The largest absolute Gasteiger partial charge is 0.382 e. The second-order valence-electron chi connectivity index (χ2n) is 7.25. The summed E-state index contributed by atoms with van der Waals surface area (Å²) in [7, 11) is 1.87. The Kier molecular flexibility index (Phi) is 8.71. The molecule has 2 aliphatic heterocycles. The van der Waals surface area contributed by atoms with Crippen LogP contribution in [0.25, 0.3) is 0 Å².